The molecular weight excluding hydrogens is 322 g/mol. The van der Waals surface area contributed by atoms with Gasteiger partial charge in [0.2, 0.25) is 0 Å². The Morgan fingerprint density at radius 3 is 2.58 bits per heavy atom. The highest BCUT2D eigenvalue weighted by atomic mass is 32.1. The molecule has 1 aromatic rings. The molecule has 6 nitrogen and oxygen atoms in total. The number of likely N-dealkylation sites (N-methyl/N-ethyl adjacent to an activating group) is 2. The van der Waals surface area contributed by atoms with Crippen LogP contribution in [0.25, 0.3) is 6.08 Å². The Labute approximate surface area is 147 Å². The van der Waals surface area contributed by atoms with E-state index < -0.39 is 0 Å². The van der Waals surface area contributed by atoms with E-state index in [-0.39, 0.29) is 18.4 Å². The average Bonchev–Trinajstić information content (AvgIpc) is 3.04. The van der Waals surface area contributed by atoms with Gasteiger partial charge in [0.1, 0.15) is 6.17 Å². The third kappa shape index (κ3) is 2.87. The minimum atomic E-state index is -0.200. The maximum absolute atomic E-state index is 12.3. The van der Waals surface area contributed by atoms with Crippen molar-refractivity contribution in [2.45, 2.75) is 26.2 Å². The van der Waals surface area contributed by atoms with E-state index >= 15 is 0 Å². The first-order valence-electron chi connectivity index (χ1n) is 8.10. The third-order valence-electron chi connectivity index (χ3n) is 4.21. The van der Waals surface area contributed by atoms with E-state index in [4.69, 9.17) is 12.2 Å². The van der Waals surface area contributed by atoms with Crippen molar-refractivity contribution in [3.8, 4) is 0 Å². The number of thiocarbonyl (C=S) groups is 1. The summed E-state index contributed by atoms with van der Waals surface area (Å²) in [5.74, 6) is 0. The van der Waals surface area contributed by atoms with E-state index in [2.05, 4.69) is 10.4 Å². The summed E-state index contributed by atoms with van der Waals surface area (Å²) in [7, 11) is 0. The molecule has 126 valence electrons. The predicted octanol–water partition coefficient (Wildman–Crippen LogP) is 2.31. The SMILES string of the molecule is CCN1C(=S)N(CC)C2C1NC(=O)N2/N=C/C=C/c1ccccc1. The van der Waals surface area contributed by atoms with Gasteiger partial charge >= 0.3 is 6.03 Å². The van der Waals surface area contributed by atoms with Crippen molar-refractivity contribution in [1.82, 2.24) is 20.1 Å². The van der Waals surface area contributed by atoms with Crippen molar-refractivity contribution >= 4 is 35.7 Å². The second kappa shape index (κ2) is 7.00. The molecule has 0 radical (unpaired) electrons. The Hall–Kier alpha value is -2.41. The lowest BCUT2D eigenvalue weighted by Gasteiger charge is -2.26. The number of amides is 2. The molecule has 0 aromatic heterocycles. The number of rotatable bonds is 5. The third-order valence-corrected chi connectivity index (χ3v) is 4.67. The number of hydrazone groups is 1. The van der Waals surface area contributed by atoms with E-state index in [1.807, 2.05) is 66.1 Å². The van der Waals surface area contributed by atoms with Crippen LogP contribution in [-0.4, -0.2) is 57.6 Å². The molecule has 1 N–H and O–H groups in total. The Morgan fingerprint density at radius 2 is 1.92 bits per heavy atom. The predicted molar refractivity (Wildman–Crippen MR) is 99.3 cm³/mol. The molecule has 2 unspecified atom stereocenters. The summed E-state index contributed by atoms with van der Waals surface area (Å²) in [6, 6.07) is 9.75. The second-order valence-corrected chi connectivity index (χ2v) is 5.91. The quantitative estimate of drug-likeness (QED) is 0.658. The summed E-state index contributed by atoms with van der Waals surface area (Å²) in [5.41, 5.74) is 1.09. The molecular formula is C17H21N5OS. The lowest BCUT2D eigenvalue weighted by Crippen LogP contribution is -2.43. The van der Waals surface area contributed by atoms with Crippen LogP contribution < -0.4 is 5.32 Å². The van der Waals surface area contributed by atoms with Gasteiger partial charge in [0, 0.05) is 19.3 Å². The Balaban J connectivity index is 1.75. The van der Waals surface area contributed by atoms with Gasteiger partial charge in [0.15, 0.2) is 11.3 Å². The fourth-order valence-corrected chi connectivity index (χ4v) is 3.54. The monoisotopic (exact) mass is 343 g/mol. The van der Waals surface area contributed by atoms with Gasteiger partial charge in [-0.3, -0.25) is 0 Å². The highest BCUT2D eigenvalue weighted by Crippen LogP contribution is 2.28. The highest BCUT2D eigenvalue weighted by molar-refractivity contribution is 7.80. The van der Waals surface area contributed by atoms with E-state index in [0.717, 1.165) is 23.8 Å². The van der Waals surface area contributed by atoms with Crippen LogP contribution in [0.5, 0.6) is 0 Å². The largest absolute Gasteiger partial charge is 0.341 e. The van der Waals surface area contributed by atoms with Gasteiger partial charge in [0.25, 0.3) is 0 Å². The molecule has 2 saturated heterocycles. The first-order valence-corrected chi connectivity index (χ1v) is 8.50. The summed E-state index contributed by atoms with van der Waals surface area (Å²) < 4.78 is 0. The lowest BCUT2D eigenvalue weighted by atomic mass is 10.2. The van der Waals surface area contributed by atoms with Gasteiger partial charge in [0.05, 0.1) is 0 Å². The molecule has 0 bridgehead atoms. The van der Waals surface area contributed by atoms with Crippen LogP contribution in [0.2, 0.25) is 0 Å². The summed E-state index contributed by atoms with van der Waals surface area (Å²) in [5, 5.41) is 9.55. The molecule has 1 aromatic carbocycles. The lowest BCUT2D eigenvalue weighted by molar-refractivity contribution is 0.150. The van der Waals surface area contributed by atoms with Crippen molar-refractivity contribution in [2.24, 2.45) is 5.10 Å². The molecule has 0 spiro atoms. The highest BCUT2D eigenvalue weighted by Gasteiger charge is 2.52. The smallest absolute Gasteiger partial charge is 0.325 e. The minimum Gasteiger partial charge on any atom is -0.325 e. The molecule has 2 aliphatic heterocycles. The molecule has 2 aliphatic rings. The molecule has 2 fully saturated rings. The Bertz CT molecular complexity index is 675. The number of nitrogens with one attached hydrogen (secondary N) is 1. The average molecular weight is 343 g/mol. The number of carbonyl (C=O) groups excluding carboxylic acids is 1. The molecule has 2 heterocycles. The molecule has 24 heavy (non-hydrogen) atoms. The number of urea groups is 1. The standard InChI is InChI=1S/C17H21N5OS/c1-3-20-14-15(21(4-2)17(20)24)22(16(23)19-14)18-12-8-11-13-9-6-5-7-10-13/h5-12,14-15H,3-4H2,1-2H3,(H,19,23)/b11-8+,18-12+. The number of carbonyl (C=O) groups is 1. The van der Waals surface area contributed by atoms with Gasteiger partial charge in [-0.05, 0) is 37.7 Å². The van der Waals surface area contributed by atoms with Gasteiger partial charge < -0.3 is 15.1 Å². The Morgan fingerprint density at radius 1 is 1.21 bits per heavy atom. The van der Waals surface area contributed by atoms with Gasteiger partial charge in [-0.15, -0.1) is 0 Å². The van der Waals surface area contributed by atoms with Crippen molar-refractivity contribution in [3.05, 3.63) is 42.0 Å². The number of nitrogens with zero attached hydrogens (tertiary/aromatic N) is 4. The maximum Gasteiger partial charge on any atom is 0.341 e. The van der Waals surface area contributed by atoms with E-state index in [1.54, 1.807) is 6.21 Å². The normalized spacial score (nSPS) is 23.7. The van der Waals surface area contributed by atoms with Crippen LogP contribution in [0, 0.1) is 0 Å². The zero-order chi connectivity index (χ0) is 17.1. The van der Waals surface area contributed by atoms with Crippen LogP contribution in [0.4, 0.5) is 4.79 Å². The summed E-state index contributed by atoms with van der Waals surface area (Å²) in [4.78, 5) is 16.3. The molecule has 2 amide bonds. The van der Waals surface area contributed by atoms with Crippen molar-refractivity contribution in [1.29, 1.82) is 0 Å². The van der Waals surface area contributed by atoms with E-state index in [0.29, 0.717) is 0 Å². The van der Waals surface area contributed by atoms with Crippen LogP contribution in [0.1, 0.15) is 19.4 Å². The molecule has 0 aliphatic carbocycles. The fourth-order valence-electron chi connectivity index (χ4n) is 3.06. The number of fused-ring (bicyclic) bond motifs is 1. The van der Waals surface area contributed by atoms with Gasteiger partial charge in [-0.1, -0.05) is 36.4 Å². The summed E-state index contributed by atoms with van der Waals surface area (Å²) in [6.45, 7) is 5.55. The van der Waals surface area contributed by atoms with Crippen molar-refractivity contribution in [3.63, 3.8) is 0 Å². The van der Waals surface area contributed by atoms with Gasteiger partial charge in [-0.2, -0.15) is 10.1 Å². The van der Waals surface area contributed by atoms with E-state index in [1.165, 1.54) is 5.01 Å². The molecule has 2 atom stereocenters. The number of hydrogen-bond acceptors (Lipinski definition) is 3. The van der Waals surface area contributed by atoms with E-state index in [9.17, 15) is 4.79 Å². The minimum absolute atomic E-state index is 0.148. The van der Waals surface area contributed by atoms with Crippen molar-refractivity contribution in [2.75, 3.05) is 13.1 Å². The summed E-state index contributed by atoms with van der Waals surface area (Å²) >= 11 is 5.51. The van der Waals surface area contributed by atoms with Gasteiger partial charge in [-0.25, -0.2) is 4.79 Å². The van der Waals surface area contributed by atoms with Crippen LogP contribution in [0.15, 0.2) is 41.5 Å². The molecule has 7 heteroatoms. The number of allylic oxidation sites excluding steroid dienone is 1. The topological polar surface area (TPSA) is 51.2 Å². The van der Waals surface area contributed by atoms with Crippen LogP contribution in [0.3, 0.4) is 0 Å². The first-order chi connectivity index (χ1) is 11.7. The van der Waals surface area contributed by atoms with Crippen LogP contribution >= 0.6 is 12.2 Å². The number of benzene rings is 1. The molecule has 3 rings (SSSR count). The van der Waals surface area contributed by atoms with Crippen LogP contribution in [-0.2, 0) is 0 Å². The Kier molecular flexibility index (Phi) is 4.80. The summed E-state index contributed by atoms with van der Waals surface area (Å²) in [6.07, 6.45) is 5.07. The fraction of sp³-hybridized carbons (Fsp3) is 0.353. The number of hydrogen-bond donors (Lipinski definition) is 1. The van der Waals surface area contributed by atoms with Crippen molar-refractivity contribution < 1.29 is 4.79 Å². The molecule has 0 saturated carbocycles. The second-order valence-electron chi connectivity index (χ2n) is 5.54. The zero-order valence-corrected chi connectivity index (χ0v) is 14.6. The maximum atomic E-state index is 12.3. The zero-order valence-electron chi connectivity index (χ0n) is 13.8. The first kappa shape index (κ1) is 16.4.